The second kappa shape index (κ2) is 4.79. The van der Waals surface area contributed by atoms with E-state index in [4.69, 9.17) is 28.3 Å². The predicted molar refractivity (Wildman–Crippen MR) is 79.6 cm³/mol. The zero-order chi connectivity index (χ0) is 14.5. The van der Waals surface area contributed by atoms with Gasteiger partial charge in [-0.1, -0.05) is 23.2 Å². The highest BCUT2D eigenvalue weighted by atomic mass is 35.5. The molecule has 1 amide bonds. The first-order chi connectivity index (χ1) is 9.48. The van der Waals surface area contributed by atoms with Crippen molar-refractivity contribution < 1.29 is 9.90 Å². The third-order valence-electron chi connectivity index (χ3n) is 4.47. The lowest BCUT2D eigenvalue weighted by Gasteiger charge is -2.24. The van der Waals surface area contributed by atoms with E-state index in [1.54, 1.807) is 4.90 Å². The molecule has 0 bridgehead atoms. The number of nitrogens with one attached hydrogen (secondary N) is 1. The van der Waals surface area contributed by atoms with Gasteiger partial charge in [-0.3, -0.25) is 4.79 Å². The van der Waals surface area contributed by atoms with E-state index < -0.39 is 6.61 Å². The molecule has 1 aromatic carbocycles. The molecule has 0 aliphatic carbocycles. The highest BCUT2D eigenvalue weighted by molar-refractivity contribution is 6.42. The number of hydrogen-bond donors (Lipinski definition) is 2. The van der Waals surface area contributed by atoms with E-state index in [1.165, 1.54) is 0 Å². The summed E-state index contributed by atoms with van der Waals surface area (Å²) in [4.78, 5) is 13.4. The number of amides is 1. The number of carbonyl (C=O) groups is 1. The van der Waals surface area contributed by atoms with Crippen molar-refractivity contribution in [1.82, 2.24) is 4.90 Å². The van der Waals surface area contributed by atoms with Crippen LogP contribution in [0.4, 0.5) is 5.69 Å². The fraction of sp³-hybridized carbons (Fsp3) is 0.500. The number of aliphatic hydroxyl groups excluding tert-OH is 1. The number of hydrogen-bond acceptors (Lipinski definition) is 3. The lowest BCUT2D eigenvalue weighted by atomic mass is 9.81. The lowest BCUT2D eigenvalue weighted by Crippen LogP contribution is -2.36. The van der Waals surface area contributed by atoms with Gasteiger partial charge in [-0.05, 0) is 30.5 Å². The molecule has 2 aliphatic rings. The molecule has 1 unspecified atom stereocenters. The van der Waals surface area contributed by atoms with Gasteiger partial charge >= 0.3 is 0 Å². The minimum Gasteiger partial charge on any atom is -0.387 e. The van der Waals surface area contributed by atoms with Crippen LogP contribution in [0.5, 0.6) is 0 Å². The molecule has 1 aromatic rings. The maximum Gasteiger partial charge on any atom is 0.248 e. The van der Waals surface area contributed by atoms with E-state index in [-0.39, 0.29) is 11.3 Å². The molecule has 1 saturated heterocycles. The van der Waals surface area contributed by atoms with Crippen molar-refractivity contribution in [2.75, 3.05) is 31.6 Å². The highest BCUT2D eigenvalue weighted by Gasteiger charge is 2.46. The number of anilines is 1. The summed E-state index contributed by atoms with van der Waals surface area (Å²) in [6.07, 6.45) is 0.871. The van der Waals surface area contributed by atoms with Crippen LogP contribution in [-0.4, -0.2) is 42.2 Å². The first-order valence-electron chi connectivity index (χ1n) is 6.60. The van der Waals surface area contributed by atoms with Crippen LogP contribution in [0, 0.1) is 6.92 Å². The van der Waals surface area contributed by atoms with Crippen LogP contribution in [0.15, 0.2) is 6.07 Å². The maximum atomic E-state index is 11.7. The number of likely N-dealkylation sites (tertiary alicyclic amines) is 1. The third-order valence-corrected chi connectivity index (χ3v) is 5.35. The summed E-state index contributed by atoms with van der Waals surface area (Å²) in [5.74, 6) is -0.216. The van der Waals surface area contributed by atoms with Gasteiger partial charge in [0.1, 0.15) is 6.61 Å². The third kappa shape index (κ3) is 1.90. The number of fused-ring (bicyclic) bond motifs is 2. The average molecular weight is 315 g/mol. The first kappa shape index (κ1) is 14.0. The molecule has 2 N–H and O–H groups in total. The number of nitrogens with zero attached hydrogens (tertiary/aromatic N) is 1. The van der Waals surface area contributed by atoms with Crippen molar-refractivity contribution in [2.45, 2.75) is 18.8 Å². The predicted octanol–water partition coefficient (Wildman–Crippen LogP) is 2.19. The normalized spacial score (nSPS) is 24.1. The summed E-state index contributed by atoms with van der Waals surface area (Å²) >= 11 is 12.4. The fourth-order valence-corrected chi connectivity index (χ4v) is 3.70. The molecule has 108 valence electrons. The standard InChI is InChI=1S/C14H16Cl2N2O2/c1-8-12(16)10(15)4-9-13(8)17-6-14(9)2-3-18(7-14)11(20)5-19/h4,17,19H,2-3,5-7H2,1H3. The first-order valence-corrected chi connectivity index (χ1v) is 7.36. The van der Waals surface area contributed by atoms with Crippen molar-refractivity contribution in [1.29, 1.82) is 0 Å². The Labute approximate surface area is 127 Å². The fourth-order valence-electron chi connectivity index (χ4n) is 3.30. The summed E-state index contributed by atoms with van der Waals surface area (Å²) in [6, 6.07) is 1.92. The van der Waals surface area contributed by atoms with Gasteiger partial charge in [0.2, 0.25) is 5.91 Å². The Hall–Kier alpha value is -0.970. The smallest absolute Gasteiger partial charge is 0.248 e. The van der Waals surface area contributed by atoms with Crippen LogP contribution in [-0.2, 0) is 10.2 Å². The molecule has 0 saturated carbocycles. The number of rotatable bonds is 1. The SMILES string of the molecule is Cc1c(Cl)c(Cl)cc2c1NCC21CCN(C(=O)CO)C1. The Kier molecular flexibility index (Phi) is 3.35. The minimum absolute atomic E-state index is 0.112. The van der Waals surface area contributed by atoms with Crippen LogP contribution < -0.4 is 5.32 Å². The van der Waals surface area contributed by atoms with Gasteiger partial charge in [-0.15, -0.1) is 0 Å². The molecular weight excluding hydrogens is 299 g/mol. The van der Waals surface area contributed by atoms with E-state index in [0.717, 1.165) is 29.8 Å². The number of halogens is 2. The summed E-state index contributed by atoms with van der Waals surface area (Å²) in [5, 5.41) is 13.5. The number of carbonyl (C=O) groups excluding carboxylic acids is 1. The van der Waals surface area contributed by atoms with E-state index in [0.29, 0.717) is 23.1 Å². The van der Waals surface area contributed by atoms with Gasteiger partial charge in [0.15, 0.2) is 0 Å². The van der Waals surface area contributed by atoms with E-state index in [1.807, 2.05) is 13.0 Å². The van der Waals surface area contributed by atoms with Crippen molar-refractivity contribution >= 4 is 34.8 Å². The van der Waals surface area contributed by atoms with Gasteiger partial charge in [0, 0.05) is 30.7 Å². The number of aliphatic hydroxyl groups is 1. The van der Waals surface area contributed by atoms with Crippen molar-refractivity contribution in [2.24, 2.45) is 0 Å². The van der Waals surface area contributed by atoms with Crippen LogP contribution in [0.2, 0.25) is 10.0 Å². The summed E-state index contributed by atoms with van der Waals surface area (Å²) in [6.45, 7) is 3.57. The highest BCUT2D eigenvalue weighted by Crippen LogP contribution is 2.48. The second-order valence-electron chi connectivity index (χ2n) is 5.58. The lowest BCUT2D eigenvalue weighted by molar-refractivity contribution is -0.133. The van der Waals surface area contributed by atoms with Crippen molar-refractivity contribution in [3.05, 3.63) is 27.2 Å². The van der Waals surface area contributed by atoms with Gasteiger partial charge in [0.25, 0.3) is 0 Å². The quantitative estimate of drug-likeness (QED) is 0.835. The van der Waals surface area contributed by atoms with Gasteiger partial charge in [0.05, 0.1) is 10.0 Å². The molecule has 1 fully saturated rings. The summed E-state index contributed by atoms with van der Waals surface area (Å²) in [5.41, 5.74) is 3.02. The monoisotopic (exact) mass is 314 g/mol. The van der Waals surface area contributed by atoms with Gasteiger partial charge < -0.3 is 15.3 Å². The summed E-state index contributed by atoms with van der Waals surface area (Å²) in [7, 11) is 0. The molecule has 2 heterocycles. The molecule has 1 spiro atoms. The van der Waals surface area contributed by atoms with Gasteiger partial charge in [-0.25, -0.2) is 0 Å². The second-order valence-corrected chi connectivity index (χ2v) is 6.36. The molecule has 0 radical (unpaired) electrons. The van der Waals surface area contributed by atoms with Crippen molar-refractivity contribution in [3.8, 4) is 0 Å². The Morgan fingerprint density at radius 2 is 2.30 bits per heavy atom. The Bertz CT molecular complexity index is 591. The Morgan fingerprint density at radius 1 is 1.55 bits per heavy atom. The molecule has 4 nitrogen and oxygen atoms in total. The molecule has 20 heavy (non-hydrogen) atoms. The zero-order valence-corrected chi connectivity index (χ0v) is 12.7. The topological polar surface area (TPSA) is 52.6 Å². The van der Waals surface area contributed by atoms with E-state index >= 15 is 0 Å². The molecule has 2 aliphatic heterocycles. The van der Waals surface area contributed by atoms with Crippen LogP contribution in [0.25, 0.3) is 0 Å². The largest absolute Gasteiger partial charge is 0.387 e. The number of benzene rings is 1. The zero-order valence-electron chi connectivity index (χ0n) is 11.2. The Balaban J connectivity index is 2.00. The Morgan fingerprint density at radius 3 is 3.00 bits per heavy atom. The molecule has 1 atom stereocenters. The van der Waals surface area contributed by atoms with E-state index in [2.05, 4.69) is 5.32 Å². The van der Waals surface area contributed by atoms with Crippen molar-refractivity contribution in [3.63, 3.8) is 0 Å². The van der Waals surface area contributed by atoms with E-state index in [9.17, 15) is 4.79 Å². The summed E-state index contributed by atoms with van der Waals surface area (Å²) < 4.78 is 0. The van der Waals surface area contributed by atoms with Gasteiger partial charge in [-0.2, -0.15) is 0 Å². The molecule has 0 aromatic heterocycles. The minimum atomic E-state index is -0.434. The molecular formula is C14H16Cl2N2O2. The molecule has 6 heteroatoms. The van der Waals surface area contributed by atoms with Crippen LogP contribution in [0.3, 0.4) is 0 Å². The van der Waals surface area contributed by atoms with Crippen LogP contribution in [0.1, 0.15) is 17.5 Å². The molecule has 3 rings (SSSR count). The maximum absolute atomic E-state index is 11.7. The van der Waals surface area contributed by atoms with Crippen LogP contribution >= 0.6 is 23.2 Å². The average Bonchev–Trinajstić information content (AvgIpc) is 3.02.